The van der Waals surface area contributed by atoms with Crippen LogP contribution in [0.5, 0.6) is 0 Å². The molecule has 2 aliphatic carbocycles. The molecular formula is C58H44N2. The lowest BCUT2D eigenvalue weighted by molar-refractivity contribution is 0.567. The average Bonchev–Trinajstić information content (AvgIpc) is 3.32. The third kappa shape index (κ3) is 6.47. The molecule has 0 N–H and O–H groups in total. The molecule has 1 atom stereocenters. The van der Waals surface area contributed by atoms with Crippen LogP contribution in [-0.4, -0.2) is 0 Å². The van der Waals surface area contributed by atoms with Gasteiger partial charge >= 0.3 is 0 Å². The molecule has 2 nitrogen and oxygen atoms in total. The summed E-state index contributed by atoms with van der Waals surface area (Å²) in [6, 6.07) is 73.0. The van der Waals surface area contributed by atoms with E-state index in [1.54, 1.807) is 0 Å². The van der Waals surface area contributed by atoms with Gasteiger partial charge in [0.25, 0.3) is 0 Å². The van der Waals surface area contributed by atoms with Gasteiger partial charge in [0, 0.05) is 34.1 Å². The molecular weight excluding hydrogens is 725 g/mol. The van der Waals surface area contributed by atoms with Crippen LogP contribution in [0, 0.1) is 5.92 Å². The smallest absolute Gasteiger partial charge is 0.0468 e. The standard InChI is InChI=1S/C58H44N2/c1-5-21-47(22-6-1)59(48-23-7-2-8-24-48)51-33-35-53-55(39-51)57(45-31-29-41-17-13-15-19-43(41)37-45)54-36-34-52(60(49-25-9-3-10-26-49)50-27-11-4-12-28-50)40-56(54)58(53)46-32-30-42-18-14-16-20-44(42)38-46/h1-13,15-17,19-29,31-40,42H,14,18,30H2. The number of hydrogen-bond acceptors (Lipinski definition) is 2. The number of rotatable bonds is 8. The van der Waals surface area contributed by atoms with Gasteiger partial charge in [0.15, 0.2) is 0 Å². The fourth-order valence-electron chi connectivity index (χ4n) is 9.57. The zero-order chi connectivity index (χ0) is 39.8. The third-order valence-electron chi connectivity index (χ3n) is 12.4. The highest BCUT2D eigenvalue weighted by Gasteiger charge is 2.25. The topological polar surface area (TPSA) is 6.48 Å². The Balaban J connectivity index is 1.24. The van der Waals surface area contributed by atoms with E-state index in [0.717, 1.165) is 47.0 Å². The molecule has 1 unspecified atom stereocenters. The van der Waals surface area contributed by atoms with Gasteiger partial charge in [-0.2, -0.15) is 0 Å². The Morgan fingerprint density at radius 2 is 0.900 bits per heavy atom. The van der Waals surface area contributed by atoms with Crippen molar-refractivity contribution in [1.29, 1.82) is 0 Å². The number of para-hydroxylation sites is 4. The van der Waals surface area contributed by atoms with Crippen LogP contribution in [0.15, 0.2) is 230 Å². The van der Waals surface area contributed by atoms with Crippen LogP contribution < -0.4 is 9.80 Å². The summed E-state index contributed by atoms with van der Waals surface area (Å²) >= 11 is 0. The van der Waals surface area contributed by atoms with Gasteiger partial charge in [-0.05, 0) is 164 Å². The maximum Gasteiger partial charge on any atom is 0.0468 e. The highest BCUT2D eigenvalue weighted by molar-refractivity contribution is 6.21. The summed E-state index contributed by atoms with van der Waals surface area (Å²) in [6.07, 6.45) is 13.1. The number of hydrogen-bond donors (Lipinski definition) is 0. The van der Waals surface area contributed by atoms with E-state index < -0.39 is 0 Å². The monoisotopic (exact) mass is 768 g/mol. The van der Waals surface area contributed by atoms with Gasteiger partial charge in [0.05, 0.1) is 0 Å². The minimum Gasteiger partial charge on any atom is -0.310 e. The van der Waals surface area contributed by atoms with Crippen LogP contribution in [0.2, 0.25) is 0 Å². The summed E-state index contributed by atoms with van der Waals surface area (Å²) in [5, 5.41) is 7.44. The van der Waals surface area contributed by atoms with Crippen LogP contribution in [0.4, 0.5) is 34.1 Å². The molecule has 0 amide bonds. The maximum atomic E-state index is 2.52. The van der Waals surface area contributed by atoms with E-state index in [9.17, 15) is 0 Å². The molecule has 2 aliphatic rings. The van der Waals surface area contributed by atoms with Crippen LogP contribution in [0.25, 0.3) is 49.0 Å². The fraction of sp³-hybridized carbons (Fsp3) is 0.0690. The number of fused-ring (bicyclic) bond motifs is 4. The normalized spacial score (nSPS) is 14.8. The highest BCUT2D eigenvalue weighted by atomic mass is 15.1. The van der Waals surface area contributed by atoms with Gasteiger partial charge < -0.3 is 9.80 Å². The summed E-state index contributed by atoms with van der Waals surface area (Å²) in [5.41, 5.74) is 13.2. The number of nitrogens with zero attached hydrogens (tertiary/aromatic N) is 2. The Labute approximate surface area is 352 Å². The highest BCUT2D eigenvalue weighted by Crippen LogP contribution is 2.49. The Kier molecular flexibility index (Phi) is 9.17. The van der Waals surface area contributed by atoms with Crippen molar-refractivity contribution in [3.63, 3.8) is 0 Å². The molecule has 11 rings (SSSR count). The van der Waals surface area contributed by atoms with Gasteiger partial charge in [-0.15, -0.1) is 0 Å². The molecule has 2 heteroatoms. The Morgan fingerprint density at radius 3 is 1.47 bits per heavy atom. The predicted molar refractivity (Wildman–Crippen MR) is 256 cm³/mol. The minimum absolute atomic E-state index is 0.576. The van der Waals surface area contributed by atoms with Crippen LogP contribution >= 0.6 is 0 Å². The second-order valence-electron chi connectivity index (χ2n) is 16.0. The van der Waals surface area contributed by atoms with Crippen molar-refractivity contribution in [2.75, 3.05) is 9.80 Å². The Morgan fingerprint density at radius 1 is 0.400 bits per heavy atom. The van der Waals surface area contributed by atoms with Gasteiger partial charge in [0.1, 0.15) is 0 Å². The molecule has 0 spiro atoms. The Bertz CT molecular complexity index is 3030. The first kappa shape index (κ1) is 35.7. The molecule has 9 aromatic rings. The van der Waals surface area contributed by atoms with Gasteiger partial charge in [0.2, 0.25) is 0 Å². The summed E-state index contributed by atoms with van der Waals surface area (Å²) in [5.74, 6) is 0.576. The van der Waals surface area contributed by atoms with E-state index in [4.69, 9.17) is 0 Å². The Hall–Kier alpha value is -7.42. The van der Waals surface area contributed by atoms with Crippen LogP contribution in [-0.2, 0) is 0 Å². The quantitative estimate of drug-likeness (QED) is 0.142. The van der Waals surface area contributed by atoms with Crippen molar-refractivity contribution < 1.29 is 0 Å². The summed E-state index contributed by atoms with van der Waals surface area (Å²) in [6.45, 7) is 0. The molecule has 60 heavy (non-hydrogen) atoms. The molecule has 0 saturated carbocycles. The van der Waals surface area contributed by atoms with Crippen molar-refractivity contribution in [1.82, 2.24) is 0 Å². The minimum atomic E-state index is 0.576. The molecule has 0 fully saturated rings. The lowest BCUT2D eigenvalue weighted by atomic mass is 9.78. The van der Waals surface area contributed by atoms with E-state index >= 15 is 0 Å². The van der Waals surface area contributed by atoms with Crippen molar-refractivity contribution in [3.05, 3.63) is 236 Å². The van der Waals surface area contributed by atoms with E-state index in [1.807, 2.05) is 0 Å². The first-order valence-electron chi connectivity index (χ1n) is 21.2. The maximum absolute atomic E-state index is 2.52. The van der Waals surface area contributed by atoms with E-state index in [-0.39, 0.29) is 0 Å². The lowest BCUT2D eigenvalue weighted by Crippen LogP contribution is -2.11. The molecule has 0 aromatic heterocycles. The van der Waals surface area contributed by atoms with Crippen LogP contribution in [0.1, 0.15) is 24.8 Å². The van der Waals surface area contributed by atoms with Crippen molar-refractivity contribution >= 4 is 72.0 Å². The molecule has 9 aromatic carbocycles. The van der Waals surface area contributed by atoms with Gasteiger partial charge in [-0.3, -0.25) is 0 Å². The van der Waals surface area contributed by atoms with Gasteiger partial charge in [-0.1, -0.05) is 146 Å². The fourth-order valence-corrected chi connectivity index (χ4v) is 9.57. The third-order valence-corrected chi connectivity index (χ3v) is 12.4. The second-order valence-corrected chi connectivity index (χ2v) is 16.0. The zero-order valence-corrected chi connectivity index (χ0v) is 33.5. The van der Waals surface area contributed by atoms with Crippen molar-refractivity contribution in [2.24, 2.45) is 5.92 Å². The molecule has 0 aliphatic heterocycles. The molecule has 0 heterocycles. The zero-order valence-electron chi connectivity index (χ0n) is 33.5. The largest absolute Gasteiger partial charge is 0.310 e. The van der Waals surface area contributed by atoms with E-state index in [2.05, 4.69) is 234 Å². The number of allylic oxidation sites excluding steroid dienone is 6. The molecule has 286 valence electrons. The van der Waals surface area contributed by atoms with E-state index in [1.165, 1.54) is 66.6 Å². The number of anilines is 6. The summed E-state index contributed by atoms with van der Waals surface area (Å²) in [7, 11) is 0. The van der Waals surface area contributed by atoms with Crippen molar-refractivity contribution in [2.45, 2.75) is 19.3 Å². The SMILES string of the molecule is C1=CC2=CC(c3c4cc(N(c5ccccc5)c5ccccc5)ccc4c(-c4ccc5ccccc5c4)c4cc(N(c5ccccc5)c5ccccc5)ccc34)=CCC2CC1. The van der Waals surface area contributed by atoms with Crippen molar-refractivity contribution in [3.8, 4) is 11.1 Å². The summed E-state index contributed by atoms with van der Waals surface area (Å²) in [4.78, 5) is 4.77. The lowest BCUT2D eigenvalue weighted by Gasteiger charge is -2.29. The van der Waals surface area contributed by atoms with Crippen LogP contribution in [0.3, 0.4) is 0 Å². The average molecular weight is 769 g/mol. The van der Waals surface area contributed by atoms with Gasteiger partial charge in [-0.25, -0.2) is 0 Å². The molecule has 0 saturated heterocycles. The predicted octanol–water partition coefficient (Wildman–Crippen LogP) is 16.4. The number of benzene rings is 9. The molecule has 0 radical (unpaired) electrons. The second kappa shape index (κ2) is 15.4. The summed E-state index contributed by atoms with van der Waals surface area (Å²) < 4.78 is 0. The molecule has 0 bridgehead atoms. The first-order chi connectivity index (χ1) is 29.8. The first-order valence-corrected chi connectivity index (χ1v) is 21.2. The van der Waals surface area contributed by atoms with E-state index in [0.29, 0.717) is 5.92 Å².